The normalized spacial score (nSPS) is 12.2. The van der Waals surface area contributed by atoms with Crippen molar-refractivity contribution in [2.75, 3.05) is 24.6 Å². The van der Waals surface area contributed by atoms with Gasteiger partial charge in [0, 0.05) is 25.3 Å². The zero-order valence-corrected chi connectivity index (χ0v) is 11.3. The maximum absolute atomic E-state index is 11.6. The molecule has 0 aromatic heterocycles. The molecule has 0 spiro atoms. The Kier molecular flexibility index (Phi) is 8.89. The third-order valence-electron chi connectivity index (χ3n) is 2.41. The van der Waals surface area contributed by atoms with Crippen LogP contribution in [0.25, 0.3) is 0 Å². The minimum Gasteiger partial charge on any atom is -0.480 e. The Morgan fingerprint density at radius 1 is 1.35 bits per heavy atom. The molecule has 1 atom stereocenters. The first kappa shape index (κ1) is 16.2. The molecule has 0 aliphatic heterocycles. The summed E-state index contributed by atoms with van der Waals surface area (Å²) in [5.74, 6) is 0.359. The predicted octanol–water partition coefficient (Wildman–Crippen LogP) is 0.780. The first-order valence-corrected chi connectivity index (χ1v) is 7.02. The summed E-state index contributed by atoms with van der Waals surface area (Å²) >= 11 is 1.48. The molecule has 100 valence electrons. The molecule has 1 amide bonds. The van der Waals surface area contributed by atoms with Gasteiger partial charge in [0.25, 0.3) is 0 Å². The van der Waals surface area contributed by atoms with Crippen molar-refractivity contribution in [2.45, 2.75) is 32.7 Å². The van der Waals surface area contributed by atoms with Crippen molar-refractivity contribution in [3.63, 3.8) is 0 Å². The average Bonchev–Trinajstić information content (AvgIpc) is 2.29. The van der Waals surface area contributed by atoms with Crippen molar-refractivity contribution >= 4 is 23.6 Å². The highest BCUT2D eigenvalue weighted by Gasteiger charge is 2.11. The minimum atomic E-state index is -0.975. The number of nitrogens with two attached hydrogens (primary N) is 1. The lowest BCUT2D eigenvalue weighted by molar-refractivity contribution is -0.138. The van der Waals surface area contributed by atoms with Gasteiger partial charge in [0.05, 0.1) is 0 Å². The minimum absolute atomic E-state index is 0.165. The van der Waals surface area contributed by atoms with Crippen LogP contribution < -0.4 is 5.73 Å². The summed E-state index contributed by atoms with van der Waals surface area (Å²) < 4.78 is 0. The maximum atomic E-state index is 11.6. The molecule has 5 nitrogen and oxygen atoms in total. The van der Waals surface area contributed by atoms with Crippen molar-refractivity contribution in [3.05, 3.63) is 0 Å². The Morgan fingerprint density at radius 2 is 1.94 bits per heavy atom. The van der Waals surface area contributed by atoms with E-state index in [2.05, 4.69) is 0 Å². The van der Waals surface area contributed by atoms with E-state index in [4.69, 9.17) is 10.8 Å². The van der Waals surface area contributed by atoms with Gasteiger partial charge in [0.15, 0.2) is 0 Å². The highest BCUT2D eigenvalue weighted by atomic mass is 32.2. The van der Waals surface area contributed by atoms with Crippen LogP contribution in [0.2, 0.25) is 0 Å². The van der Waals surface area contributed by atoms with Crippen molar-refractivity contribution in [1.29, 1.82) is 0 Å². The third-order valence-corrected chi connectivity index (χ3v) is 3.58. The second-order valence-corrected chi connectivity index (χ2v) is 4.84. The molecule has 0 radical (unpaired) electrons. The molecule has 3 N–H and O–H groups in total. The second kappa shape index (κ2) is 9.30. The van der Waals surface area contributed by atoms with E-state index in [0.717, 1.165) is 25.3 Å². The standard InChI is InChI=1S/C11H22N2O3S/c1-3-13(4-2)10(14)6-5-7-17-8-9(12)11(15)16/h9H,3-8,12H2,1-2H3,(H,15,16)/t9-/m1/s1. The van der Waals surface area contributed by atoms with Crippen molar-refractivity contribution < 1.29 is 14.7 Å². The van der Waals surface area contributed by atoms with E-state index in [-0.39, 0.29) is 5.91 Å². The molecule has 0 aliphatic rings. The SMILES string of the molecule is CCN(CC)C(=O)CCCSC[C@@H](N)C(=O)O. The summed E-state index contributed by atoms with van der Waals surface area (Å²) in [4.78, 5) is 23.8. The molecule has 17 heavy (non-hydrogen) atoms. The van der Waals surface area contributed by atoms with E-state index >= 15 is 0 Å². The van der Waals surface area contributed by atoms with E-state index in [1.807, 2.05) is 13.8 Å². The van der Waals surface area contributed by atoms with Crippen LogP contribution in [0.15, 0.2) is 0 Å². The van der Waals surface area contributed by atoms with E-state index in [0.29, 0.717) is 12.2 Å². The summed E-state index contributed by atoms with van der Waals surface area (Å²) in [7, 11) is 0. The lowest BCUT2D eigenvalue weighted by atomic mass is 10.3. The molecule has 0 bridgehead atoms. The molecule has 0 heterocycles. The Labute approximate surface area is 107 Å². The van der Waals surface area contributed by atoms with Gasteiger partial charge in [-0.3, -0.25) is 9.59 Å². The number of aliphatic carboxylic acids is 1. The number of carboxylic acids is 1. The summed E-state index contributed by atoms with van der Waals surface area (Å²) in [6, 6.07) is -0.807. The third kappa shape index (κ3) is 7.23. The maximum Gasteiger partial charge on any atom is 0.321 e. The van der Waals surface area contributed by atoms with Crippen molar-refractivity contribution in [3.8, 4) is 0 Å². The fraction of sp³-hybridized carbons (Fsp3) is 0.818. The number of carboxylic acid groups (broad SMARTS) is 1. The molecule has 0 fully saturated rings. The van der Waals surface area contributed by atoms with E-state index in [1.165, 1.54) is 11.8 Å². The van der Waals surface area contributed by atoms with Crippen LogP contribution in [0, 0.1) is 0 Å². The van der Waals surface area contributed by atoms with Gasteiger partial charge >= 0.3 is 5.97 Å². The molecule has 0 aliphatic carbocycles. The topological polar surface area (TPSA) is 83.6 Å². The Balaban J connectivity index is 3.58. The summed E-state index contributed by atoms with van der Waals surface area (Å²) in [5, 5.41) is 8.56. The van der Waals surface area contributed by atoms with Crippen molar-refractivity contribution in [2.24, 2.45) is 5.73 Å². The molecule has 0 rings (SSSR count). The highest BCUT2D eigenvalue weighted by Crippen LogP contribution is 2.07. The average molecular weight is 262 g/mol. The quantitative estimate of drug-likeness (QED) is 0.600. The molecule has 0 unspecified atom stereocenters. The number of rotatable bonds is 9. The number of hydrogen-bond acceptors (Lipinski definition) is 4. The van der Waals surface area contributed by atoms with Gasteiger partial charge in [-0.25, -0.2) is 0 Å². The zero-order chi connectivity index (χ0) is 13.3. The van der Waals surface area contributed by atoms with E-state index in [1.54, 1.807) is 4.90 Å². The van der Waals surface area contributed by atoms with Crippen LogP contribution >= 0.6 is 11.8 Å². The summed E-state index contributed by atoms with van der Waals surface area (Å²) in [6.07, 6.45) is 1.29. The van der Waals surface area contributed by atoms with Gasteiger partial charge in [-0.1, -0.05) is 0 Å². The van der Waals surface area contributed by atoms with Gasteiger partial charge < -0.3 is 15.7 Å². The van der Waals surface area contributed by atoms with Crippen LogP contribution in [0.4, 0.5) is 0 Å². The van der Waals surface area contributed by atoms with Crippen LogP contribution in [-0.2, 0) is 9.59 Å². The molecule has 6 heteroatoms. The van der Waals surface area contributed by atoms with Gasteiger partial charge in [-0.2, -0.15) is 11.8 Å². The van der Waals surface area contributed by atoms with Gasteiger partial charge in [-0.05, 0) is 26.0 Å². The molecular weight excluding hydrogens is 240 g/mol. The number of thioether (sulfide) groups is 1. The number of amides is 1. The van der Waals surface area contributed by atoms with Crippen LogP contribution in [0.1, 0.15) is 26.7 Å². The highest BCUT2D eigenvalue weighted by molar-refractivity contribution is 7.99. The Hall–Kier alpha value is -0.750. The van der Waals surface area contributed by atoms with E-state index in [9.17, 15) is 9.59 Å². The lowest BCUT2D eigenvalue weighted by Crippen LogP contribution is -2.32. The monoisotopic (exact) mass is 262 g/mol. The number of hydrogen-bond donors (Lipinski definition) is 2. The number of nitrogens with zero attached hydrogens (tertiary/aromatic N) is 1. The molecule has 0 aromatic carbocycles. The fourth-order valence-electron chi connectivity index (χ4n) is 1.34. The van der Waals surface area contributed by atoms with Crippen molar-refractivity contribution in [1.82, 2.24) is 4.90 Å². The largest absolute Gasteiger partial charge is 0.480 e. The summed E-state index contributed by atoms with van der Waals surface area (Å²) in [5.41, 5.74) is 5.35. The zero-order valence-electron chi connectivity index (χ0n) is 10.5. The molecular formula is C11H22N2O3S. The van der Waals surface area contributed by atoms with Gasteiger partial charge in [-0.15, -0.1) is 0 Å². The van der Waals surface area contributed by atoms with Gasteiger partial charge in [0.1, 0.15) is 6.04 Å². The number of carbonyl (C=O) groups excluding carboxylic acids is 1. The first-order chi connectivity index (χ1) is 8.02. The lowest BCUT2D eigenvalue weighted by Gasteiger charge is -2.18. The predicted molar refractivity (Wildman–Crippen MR) is 70.1 cm³/mol. The van der Waals surface area contributed by atoms with Crippen LogP contribution in [0.3, 0.4) is 0 Å². The van der Waals surface area contributed by atoms with E-state index < -0.39 is 12.0 Å². The Morgan fingerprint density at radius 3 is 2.41 bits per heavy atom. The molecule has 0 aromatic rings. The number of carbonyl (C=O) groups is 2. The fourth-order valence-corrected chi connectivity index (χ4v) is 2.25. The van der Waals surface area contributed by atoms with Gasteiger partial charge in [0.2, 0.25) is 5.91 Å². The first-order valence-electron chi connectivity index (χ1n) is 5.86. The summed E-state index contributed by atoms with van der Waals surface area (Å²) in [6.45, 7) is 5.41. The second-order valence-electron chi connectivity index (χ2n) is 3.69. The van der Waals surface area contributed by atoms with Crippen LogP contribution in [-0.4, -0.2) is 52.5 Å². The Bertz CT molecular complexity index is 245. The smallest absolute Gasteiger partial charge is 0.321 e. The molecule has 0 saturated heterocycles. The van der Waals surface area contributed by atoms with Crippen LogP contribution in [0.5, 0.6) is 0 Å². The molecule has 0 saturated carbocycles.